The van der Waals surface area contributed by atoms with E-state index in [1.807, 2.05) is 0 Å². The second-order valence-corrected chi connectivity index (χ2v) is 5.74. The molecule has 0 aromatic rings. The van der Waals surface area contributed by atoms with Gasteiger partial charge in [0.15, 0.2) is 0 Å². The zero-order valence-electron chi connectivity index (χ0n) is 7.22. The second-order valence-electron chi connectivity index (χ2n) is 5.74. The van der Waals surface area contributed by atoms with E-state index in [-0.39, 0.29) is 0 Å². The fourth-order valence-corrected chi connectivity index (χ4v) is 5.10. The molecule has 4 fully saturated rings. The summed E-state index contributed by atoms with van der Waals surface area (Å²) in [5.74, 6) is 5.96. The van der Waals surface area contributed by atoms with E-state index in [0.717, 1.165) is 11.3 Å². The molecular formula is C11H16. The van der Waals surface area contributed by atoms with Crippen LogP contribution in [-0.2, 0) is 0 Å². The fraction of sp³-hybridized carbons (Fsp3) is 1.00. The Morgan fingerprint density at radius 1 is 1.09 bits per heavy atom. The fourth-order valence-electron chi connectivity index (χ4n) is 5.10. The summed E-state index contributed by atoms with van der Waals surface area (Å²) >= 11 is 0. The van der Waals surface area contributed by atoms with E-state index in [2.05, 4.69) is 6.92 Å². The normalized spacial score (nSPS) is 75.5. The molecule has 0 heteroatoms. The van der Waals surface area contributed by atoms with Crippen LogP contribution in [0.2, 0.25) is 0 Å². The highest BCUT2D eigenvalue weighted by molar-refractivity contribution is 5.24. The molecule has 6 atom stereocenters. The maximum Gasteiger partial charge on any atom is -0.0227 e. The lowest BCUT2D eigenvalue weighted by molar-refractivity contribution is -0.149. The molecule has 4 rings (SSSR count). The third kappa shape index (κ3) is 0.400. The predicted molar refractivity (Wildman–Crippen MR) is 44.0 cm³/mol. The Hall–Kier alpha value is 0. The maximum atomic E-state index is 2.50. The van der Waals surface area contributed by atoms with E-state index in [4.69, 9.17) is 0 Å². The van der Waals surface area contributed by atoms with Gasteiger partial charge in [0, 0.05) is 0 Å². The summed E-state index contributed by atoms with van der Waals surface area (Å²) in [7, 11) is 0. The highest BCUT2D eigenvalue weighted by atomic mass is 14.8. The summed E-state index contributed by atoms with van der Waals surface area (Å²) in [5.41, 5.74) is 0.977. The van der Waals surface area contributed by atoms with Crippen LogP contribution in [0.5, 0.6) is 0 Å². The molecule has 4 aliphatic carbocycles. The van der Waals surface area contributed by atoms with Crippen molar-refractivity contribution in [1.29, 1.82) is 0 Å². The second kappa shape index (κ2) is 1.30. The Morgan fingerprint density at radius 3 is 2.82 bits per heavy atom. The third-order valence-electron chi connectivity index (χ3n) is 5.47. The van der Waals surface area contributed by atoms with Crippen molar-refractivity contribution < 1.29 is 0 Å². The van der Waals surface area contributed by atoms with Crippen LogP contribution in [0.15, 0.2) is 0 Å². The lowest BCUT2D eigenvalue weighted by Gasteiger charge is -2.63. The van der Waals surface area contributed by atoms with E-state index in [0.29, 0.717) is 0 Å². The molecule has 0 saturated heterocycles. The van der Waals surface area contributed by atoms with Gasteiger partial charge in [0.1, 0.15) is 0 Å². The molecule has 0 aliphatic heterocycles. The van der Waals surface area contributed by atoms with Gasteiger partial charge < -0.3 is 0 Å². The van der Waals surface area contributed by atoms with Crippen LogP contribution >= 0.6 is 0 Å². The molecule has 1 spiro atoms. The van der Waals surface area contributed by atoms with Crippen LogP contribution in [0, 0.1) is 35.0 Å². The zero-order chi connectivity index (χ0) is 7.22. The van der Waals surface area contributed by atoms with Gasteiger partial charge in [-0.3, -0.25) is 0 Å². The van der Waals surface area contributed by atoms with Crippen molar-refractivity contribution in [3.8, 4) is 0 Å². The molecule has 6 unspecified atom stereocenters. The average molecular weight is 148 g/mol. The number of hydrogen-bond acceptors (Lipinski definition) is 0. The minimum Gasteiger partial charge on any atom is -0.0622 e. The van der Waals surface area contributed by atoms with Crippen molar-refractivity contribution in [3.05, 3.63) is 0 Å². The summed E-state index contributed by atoms with van der Waals surface area (Å²) in [4.78, 5) is 0. The van der Waals surface area contributed by atoms with Crippen LogP contribution in [0.4, 0.5) is 0 Å². The highest BCUT2D eigenvalue weighted by Crippen LogP contribution is 2.83. The standard InChI is InChI=1S/C11H16/c1-6-2-7-3-8-4-11(10(7)8)5-9(6)11/h6-10H,2-5H2,1H3. The molecule has 4 saturated carbocycles. The quantitative estimate of drug-likeness (QED) is 0.495. The summed E-state index contributed by atoms with van der Waals surface area (Å²) in [5, 5.41) is 0. The molecular weight excluding hydrogens is 132 g/mol. The van der Waals surface area contributed by atoms with Gasteiger partial charge in [-0.25, -0.2) is 0 Å². The Balaban J connectivity index is 1.77. The maximum absolute atomic E-state index is 2.50. The third-order valence-corrected chi connectivity index (χ3v) is 5.47. The summed E-state index contributed by atoms with van der Waals surface area (Å²) in [6.07, 6.45) is 6.48. The van der Waals surface area contributed by atoms with Crippen molar-refractivity contribution in [3.63, 3.8) is 0 Å². The zero-order valence-corrected chi connectivity index (χ0v) is 7.22. The predicted octanol–water partition coefficient (Wildman–Crippen LogP) is 2.69. The number of rotatable bonds is 0. The van der Waals surface area contributed by atoms with Crippen LogP contribution in [0.1, 0.15) is 32.6 Å². The molecule has 0 aromatic carbocycles. The molecule has 0 heterocycles. The van der Waals surface area contributed by atoms with E-state index in [1.54, 1.807) is 25.7 Å². The van der Waals surface area contributed by atoms with Gasteiger partial charge in [0.2, 0.25) is 0 Å². The summed E-state index contributed by atoms with van der Waals surface area (Å²) < 4.78 is 0. The van der Waals surface area contributed by atoms with E-state index >= 15 is 0 Å². The molecule has 0 N–H and O–H groups in total. The molecule has 0 aromatic heterocycles. The molecule has 60 valence electrons. The van der Waals surface area contributed by atoms with Gasteiger partial charge in [-0.1, -0.05) is 6.92 Å². The molecule has 0 amide bonds. The summed E-state index contributed by atoms with van der Waals surface area (Å²) in [6, 6.07) is 0. The lowest BCUT2D eigenvalue weighted by Crippen LogP contribution is -2.57. The smallest absolute Gasteiger partial charge is 0.0227 e. The van der Waals surface area contributed by atoms with Crippen LogP contribution < -0.4 is 0 Å². The van der Waals surface area contributed by atoms with Crippen LogP contribution in [0.25, 0.3) is 0 Å². The van der Waals surface area contributed by atoms with Gasteiger partial charge in [0.05, 0.1) is 0 Å². The van der Waals surface area contributed by atoms with Crippen molar-refractivity contribution >= 4 is 0 Å². The lowest BCUT2D eigenvalue weighted by atomic mass is 9.41. The van der Waals surface area contributed by atoms with Crippen molar-refractivity contribution in [2.45, 2.75) is 32.6 Å². The molecule has 0 radical (unpaired) electrons. The van der Waals surface area contributed by atoms with Crippen molar-refractivity contribution in [2.75, 3.05) is 0 Å². The number of hydrogen-bond donors (Lipinski definition) is 0. The topological polar surface area (TPSA) is 0 Å². The Morgan fingerprint density at radius 2 is 2.00 bits per heavy atom. The minimum atomic E-state index is 0.977. The SMILES string of the molecule is CC1CC2CC3CC4(CC14)C23. The van der Waals surface area contributed by atoms with Gasteiger partial charge in [-0.2, -0.15) is 0 Å². The van der Waals surface area contributed by atoms with E-state index in [1.165, 1.54) is 23.7 Å². The minimum absolute atomic E-state index is 0.977. The highest BCUT2D eigenvalue weighted by Gasteiger charge is 2.76. The Bertz CT molecular complexity index is 232. The monoisotopic (exact) mass is 148 g/mol. The van der Waals surface area contributed by atoms with Crippen LogP contribution in [-0.4, -0.2) is 0 Å². The summed E-state index contributed by atoms with van der Waals surface area (Å²) in [6.45, 7) is 2.50. The first-order valence-electron chi connectivity index (χ1n) is 5.31. The van der Waals surface area contributed by atoms with E-state index < -0.39 is 0 Å². The first-order valence-corrected chi connectivity index (χ1v) is 5.31. The van der Waals surface area contributed by atoms with Crippen molar-refractivity contribution in [2.24, 2.45) is 35.0 Å². The molecule has 0 nitrogen and oxygen atoms in total. The molecule has 4 aliphatic rings. The first kappa shape index (κ1) is 5.61. The van der Waals surface area contributed by atoms with Gasteiger partial charge in [-0.15, -0.1) is 0 Å². The Kier molecular flexibility index (Phi) is 0.661. The van der Waals surface area contributed by atoms with Gasteiger partial charge in [-0.05, 0) is 60.7 Å². The average Bonchev–Trinajstić information content (AvgIpc) is 2.58. The molecule has 11 heavy (non-hydrogen) atoms. The van der Waals surface area contributed by atoms with Crippen molar-refractivity contribution in [1.82, 2.24) is 0 Å². The molecule has 0 bridgehead atoms. The van der Waals surface area contributed by atoms with Gasteiger partial charge in [0.25, 0.3) is 0 Å². The van der Waals surface area contributed by atoms with Gasteiger partial charge >= 0.3 is 0 Å². The van der Waals surface area contributed by atoms with E-state index in [9.17, 15) is 0 Å². The first-order chi connectivity index (χ1) is 5.31. The largest absolute Gasteiger partial charge is 0.0622 e. The Labute approximate surface area is 68.4 Å². The van der Waals surface area contributed by atoms with Crippen LogP contribution in [0.3, 0.4) is 0 Å².